The number of anilines is 2. The Balaban J connectivity index is 2.50. The van der Waals surface area contributed by atoms with Crippen LogP contribution in [-0.2, 0) is 4.79 Å². The van der Waals surface area contributed by atoms with Gasteiger partial charge in [-0.3, -0.25) is 4.79 Å². The van der Waals surface area contributed by atoms with Crippen molar-refractivity contribution in [2.75, 3.05) is 23.3 Å². The van der Waals surface area contributed by atoms with Crippen molar-refractivity contribution >= 4 is 29.0 Å². The summed E-state index contributed by atoms with van der Waals surface area (Å²) in [6.45, 7) is 1.24. The van der Waals surface area contributed by atoms with Crippen molar-refractivity contribution in [1.82, 2.24) is 9.97 Å². The van der Waals surface area contributed by atoms with Crippen LogP contribution in [0.4, 0.5) is 20.3 Å². The Morgan fingerprint density at radius 1 is 1.65 bits per heavy atom. The van der Waals surface area contributed by atoms with Gasteiger partial charge >= 0.3 is 5.92 Å². The molecule has 0 aromatic carbocycles. The number of fused-ring (bicyclic) bond motifs is 1. The minimum Gasteiger partial charge on any atom is -0.348 e. The van der Waals surface area contributed by atoms with Crippen LogP contribution in [0.15, 0.2) is 6.20 Å². The summed E-state index contributed by atoms with van der Waals surface area (Å²) < 4.78 is 26.9. The molecule has 8 heteroatoms. The van der Waals surface area contributed by atoms with Gasteiger partial charge in [0.05, 0.1) is 12.7 Å². The van der Waals surface area contributed by atoms with Gasteiger partial charge < -0.3 is 10.2 Å². The van der Waals surface area contributed by atoms with E-state index in [-0.39, 0.29) is 23.3 Å². The Hall–Kier alpha value is -1.50. The molecule has 1 aromatic heterocycles. The molecule has 1 amide bonds. The Labute approximate surface area is 101 Å². The molecule has 0 atom stereocenters. The van der Waals surface area contributed by atoms with Gasteiger partial charge in [0.1, 0.15) is 5.69 Å². The maximum atomic E-state index is 13.4. The molecule has 2 rings (SSSR count). The monoisotopic (exact) mass is 262 g/mol. The average molecular weight is 263 g/mol. The number of nitrogens with zero attached hydrogens (tertiary/aromatic N) is 3. The highest BCUT2D eigenvalue weighted by Gasteiger charge is 2.44. The van der Waals surface area contributed by atoms with Gasteiger partial charge in [-0.25, -0.2) is 4.98 Å². The molecular formula is C9H9ClF2N4O. The Morgan fingerprint density at radius 3 is 3.00 bits per heavy atom. The van der Waals surface area contributed by atoms with Gasteiger partial charge in [0.25, 0.3) is 5.91 Å². The zero-order valence-electron chi connectivity index (χ0n) is 8.88. The molecular weight excluding hydrogens is 254 g/mol. The first-order valence-corrected chi connectivity index (χ1v) is 5.28. The van der Waals surface area contributed by atoms with Gasteiger partial charge in [-0.2, -0.15) is 13.8 Å². The summed E-state index contributed by atoms with van der Waals surface area (Å²) in [4.78, 5) is 20.1. The Kier molecular flexibility index (Phi) is 2.86. The van der Waals surface area contributed by atoms with E-state index in [4.69, 9.17) is 11.6 Å². The summed E-state index contributed by atoms with van der Waals surface area (Å²) >= 11 is 5.61. The quantitative estimate of drug-likeness (QED) is 0.780. The number of hydrogen-bond acceptors (Lipinski definition) is 4. The molecule has 0 aliphatic carbocycles. The number of halogens is 3. The molecule has 0 radical (unpaired) electrons. The minimum absolute atomic E-state index is 0.0540. The van der Waals surface area contributed by atoms with E-state index >= 15 is 0 Å². The van der Waals surface area contributed by atoms with E-state index in [9.17, 15) is 13.6 Å². The molecule has 5 nitrogen and oxygen atoms in total. The summed E-state index contributed by atoms with van der Waals surface area (Å²) in [5.74, 6) is -4.62. The summed E-state index contributed by atoms with van der Waals surface area (Å²) in [5.41, 5.74) is 0.137. The first kappa shape index (κ1) is 12.0. The van der Waals surface area contributed by atoms with Crippen molar-refractivity contribution in [2.24, 2.45) is 0 Å². The van der Waals surface area contributed by atoms with Gasteiger partial charge in [0.2, 0.25) is 5.28 Å². The number of alkyl halides is 2. The average Bonchev–Trinajstić information content (AvgIpc) is 2.36. The second-order valence-electron chi connectivity index (χ2n) is 3.55. The fourth-order valence-electron chi connectivity index (χ4n) is 1.54. The van der Waals surface area contributed by atoms with Crippen LogP contribution in [0.2, 0.25) is 5.28 Å². The number of nitrogens with one attached hydrogen (secondary N) is 1. The number of amides is 1. The highest BCUT2D eigenvalue weighted by molar-refractivity contribution is 6.28. The van der Waals surface area contributed by atoms with Crippen LogP contribution in [0.25, 0.3) is 0 Å². The third-order valence-corrected chi connectivity index (χ3v) is 2.57. The molecule has 2 heterocycles. The lowest BCUT2D eigenvalue weighted by molar-refractivity contribution is -0.138. The highest BCUT2D eigenvalue weighted by atomic mass is 35.5. The fourth-order valence-corrected chi connectivity index (χ4v) is 1.67. The molecule has 1 aliphatic heterocycles. The van der Waals surface area contributed by atoms with Crippen molar-refractivity contribution < 1.29 is 13.6 Å². The third-order valence-electron chi connectivity index (χ3n) is 2.39. The Morgan fingerprint density at radius 2 is 2.35 bits per heavy atom. The highest BCUT2D eigenvalue weighted by Crippen LogP contribution is 2.31. The smallest absolute Gasteiger partial charge is 0.341 e. The maximum Gasteiger partial charge on any atom is 0.341 e. The van der Waals surface area contributed by atoms with Crippen LogP contribution in [0.1, 0.15) is 6.92 Å². The van der Waals surface area contributed by atoms with Gasteiger partial charge in [0.15, 0.2) is 5.82 Å². The summed E-state index contributed by atoms with van der Waals surface area (Å²) in [7, 11) is 0. The molecule has 1 N–H and O–H groups in total. The largest absolute Gasteiger partial charge is 0.348 e. The third kappa shape index (κ3) is 2.14. The lowest BCUT2D eigenvalue weighted by Gasteiger charge is -2.22. The van der Waals surface area contributed by atoms with Crippen molar-refractivity contribution in [1.29, 1.82) is 0 Å². The van der Waals surface area contributed by atoms with Crippen LogP contribution in [0.3, 0.4) is 0 Å². The SMILES string of the molecule is CCN1CC(F)(F)C(=O)Nc2cnc(Cl)nc21. The number of aromatic nitrogens is 2. The molecule has 1 aromatic rings. The molecule has 0 fully saturated rings. The summed E-state index contributed by atoms with van der Waals surface area (Å²) in [6.07, 6.45) is 1.21. The summed E-state index contributed by atoms with van der Waals surface area (Å²) in [6, 6.07) is 0. The normalized spacial score (nSPS) is 18.4. The first-order valence-electron chi connectivity index (χ1n) is 4.91. The molecule has 0 saturated heterocycles. The molecule has 17 heavy (non-hydrogen) atoms. The zero-order valence-corrected chi connectivity index (χ0v) is 9.63. The van der Waals surface area contributed by atoms with Gasteiger partial charge in [0, 0.05) is 6.54 Å². The van der Waals surface area contributed by atoms with E-state index in [2.05, 4.69) is 15.3 Å². The van der Waals surface area contributed by atoms with Gasteiger partial charge in [-0.1, -0.05) is 0 Å². The molecule has 1 aliphatic rings. The van der Waals surface area contributed by atoms with Gasteiger partial charge in [-0.05, 0) is 18.5 Å². The molecule has 92 valence electrons. The first-order chi connectivity index (χ1) is 7.94. The standard InChI is InChI=1S/C9H9ClF2N4O/c1-2-16-4-9(11,12)7(17)14-5-3-13-8(10)15-6(5)16/h3H,2,4H2,1H3,(H,14,17). The van der Waals surface area contributed by atoms with Crippen molar-refractivity contribution in [2.45, 2.75) is 12.8 Å². The summed E-state index contributed by atoms with van der Waals surface area (Å²) in [5, 5.41) is 2.04. The second kappa shape index (κ2) is 4.06. The van der Waals surface area contributed by atoms with Crippen LogP contribution < -0.4 is 10.2 Å². The topological polar surface area (TPSA) is 58.1 Å². The minimum atomic E-state index is -3.47. The fraction of sp³-hybridized carbons (Fsp3) is 0.444. The number of carbonyl (C=O) groups excluding carboxylic acids is 1. The molecule has 0 saturated carbocycles. The van der Waals surface area contributed by atoms with E-state index < -0.39 is 18.4 Å². The second-order valence-corrected chi connectivity index (χ2v) is 3.89. The molecule has 0 bridgehead atoms. The van der Waals surface area contributed by atoms with Crippen LogP contribution in [0.5, 0.6) is 0 Å². The number of hydrogen-bond donors (Lipinski definition) is 1. The van der Waals surface area contributed by atoms with Crippen molar-refractivity contribution in [3.8, 4) is 0 Å². The van der Waals surface area contributed by atoms with E-state index in [0.717, 1.165) is 0 Å². The number of rotatable bonds is 1. The van der Waals surface area contributed by atoms with Crippen molar-refractivity contribution in [3.63, 3.8) is 0 Å². The molecule has 0 unspecified atom stereocenters. The van der Waals surface area contributed by atoms with E-state index in [0.29, 0.717) is 0 Å². The van der Waals surface area contributed by atoms with Crippen LogP contribution in [-0.4, -0.2) is 34.9 Å². The van der Waals surface area contributed by atoms with Gasteiger partial charge in [-0.15, -0.1) is 0 Å². The van der Waals surface area contributed by atoms with Crippen molar-refractivity contribution in [3.05, 3.63) is 11.5 Å². The molecule has 0 spiro atoms. The maximum absolute atomic E-state index is 13.4. The zero-order chi connectivity index (χ0) is 12.6. The lowest BCUT2D eigenvalue weighted by atomic mass is 10.3. The van der Waals surface area contributed by atoms with Crippen LogP contribution in [0, 0.1) is 0 Å². The van der Waals surface area contributed by atoms with E-state index in [1.807, 2.05) is 0 Å². The van der Waals surface area contributed by atoms with E-state index in [1.165, 1.54) is 11.1 Å². The lowest BCUT2D eigenvalue weighted by Crippen LogP contribution is -2.42. The van der Waals surface area contributed by atoms with Crippen LogP contribution >= 0.6 is 11.6 Å². The van der Waals surface area contributed by atoms with E-state index in [1.54, 1.807) is 6.92 Å². The Bertz CT molecular complexity index is 468. The predicted molar refractivity (Wildman–Crippen MR) is 58.5 cm³/mol. The number of carbonyl (C=O) groups is 1. The predicted octanol–water partition coefficient (Wildman–Crippen LogP) is 1.54.